The van der Waals surface area contributed by atoms with Gasteiger partial charge in [-0.05, 0) is 30.2 Å². The van der Waals surface area contributed by atoms with Crippen molar-refractivity contribution in [3.63, 3.8) is 0 Å². The number of hydrogen-bond donors (Lipinski definition) is 1. The Labute approximate surface area is 149 Å². The average Bonchev–Trinajstić information content (AvgIpc) is 2.99. The number of methoxy groups -OCH3 is 1. The molecule has 1 amide bonds. The number of fused-ring (bicyclic) bond motifs is 1. The molecule has 1 atom stereocenters. The van der Waals surface area contributed by atoms with Gasteiger partial charge in [-0.15, -0.1) is 0 Å². The summed E-state index contributed by atoms with van der Waals surface area (Å²) in [5.41, 5.74) is 2.26. The Kier molecular flexibility index (Phi) is 4.56. The van der Waals surface area contributed by atoms with E-state index < -0.39 is 0 Å². The second-order valence-electron chi connectivity index (χ2n) is 6.38. The van der Waals surface area contributed by atoms with Gasteiger partial charge in [0.15, 0.2) is 0 Å². The first-order valence-electron chi connectivity index (χ1n) is 8.32. The fourth-order valence-electron chi connectivity index (χ4n) is 3.06. The maximum Gasteiger partial charge on any atom is 0.243 e. The summed E-state index contributed by atoms with van der Waals surface area (Å²) in [6, 6.07) is 1.99. The second-order valence-corrected chi connectivity index (χ2v) is 8.14. The van der Waals surface area contributed by atoms with Crippen LogP contribution in [0.25, 0.3) is 10.6 Å². The first-order valence-corrected chi connectivity index (χ1v) is 10.1. The molecule has 7 heteroatoms. The number of ether oxygens (including phenoxy) is 1. The number of nitrogens with one attached hydrogen (secondary N) is 1. The number of carbonyl (C=O) groups excluding carboxylic acids is 1. The van der Waals surface area contributed by atoms with E-state index >= 15 is 0 Å². The van der Waals surface area contributed by atoms with Gasteiger partial charge >= 0.3 is 0 Å². The van der Waals surface area contributed by atoms with Gasteiger partial charge < -0.3 is 15.0 Å². The molecule has 4 rings (SSSR count). The third kappa shape index (κ3) is 3.20. The molecule has 0 radical (unpaired) electrons. The molecular weight excluding hydrogens is 342 g/mol. The van der Waals surface area contributed by atoms with Crippen LogP contribution in [0, 0.1) is 5.92 Å². The summed E-state index contributed by atoms with van der Waals surface area (Å²) < 4.78 is 5.02. The Morgan fingerprint density at radius 1 is 1.50 bits per heavy atom. The number of hydrogen-bond acceptors (Lipinski definition) is 6. The van der Waals surface area contributed by atoms with Crippen molar-refractivity contribution in [3.05, 3.63) is 22.5 Å². The molecule has 2 aromatic heterocycles. The number of amides is 1. The van der Waals surface area contributed by atoms with Gasteiger partial charge in [0.05, 0.1) is 12.3 Å². The molecular formula is C17H21N3O2S2. The van der Waals surface area contributed by atoms with Crippen LogP contribution < -0.4 is 10.2 Å². The standard InChI is InChI=1S/C17H21N3O2S2/c1-22-6-5-18-15(21)14-8-13-17(20(14)9-11-2-3-11)24-16(19-13)12-4-7-23-10-12/h4,7,10-11,14H,2-3,5-6,8-9H2,1H3,(H,18,21). The van der Waals surface area contributed by atoms with Crippen LogP contribution >= 0.6 is 22.7 Å². The van der Waals surface area contributed by atoms with Crippen LogP contribution in [-0.4, -0.2) is 43.7 Å². The van der Waals surface area contributed by atoms with Crippen LogP contribution in [0.1, 0.15) is 18.5 Å². The molecule has 1 unspecified atom stereocenters. The minimum Gasteiger partial charge on any atom is -0.383 e. The van der Waals surface area contributed by atoms with Crippen LogP contribution in [0.5, 0.6) is 0 Å². The largest absolute Gasteiger partial charge is 0.383 e. The quantitative estimate of drug-likeness (QED) is 0.769. The Morgan fingerprint density at radius 2 is 2.38 bits per heavy atom. The third-order valence-electron chi connectivity index (χ3n) is 4.53. The zero-order chi connectivity index (χ0) is 16.5. The van der Waals surface area contributed by atoms with Gasteiger partial charge in [-0.25, -0.2) is 4.98 Å². The first-order chi connectivity index (χ1) is 11.8. The fraction of sp³-hybridized carbons (Fsp3) is 0.529. The van der Waals surface area contributed by atoms with Gasteiger partial charge in [-0.3, -0.25) is 4.79 Å². The van der Waals surface area contributed by atoms with Crippen molar-refractivity contribution in [2.24, 2.45) is 5.92 Å². The van der Waals surface area contributed by atoms with E-state index in [1.54, 1.807) is 29.8 Å². The maximum atomic E-state index is 12.6. The van der Waals surface area contributed by atoms with E-state index in [4.69, 9.17) is 9.72 Å². The zero-order valence-corrected chi connectivity index (χ0v) is 15.3. The van der Waals surface area contributed by atoms with Gasteiger partial charge in [0.25, 0.3) is 0 Å². The molecule has 1 fully saturated rings. The van der Waals surface area contributed by atoms with Crippen LogP contribution in [0.4, 0.5) is 5.00 Å². The number of aromatic nitrogens is 1. The highest BCUT2D eigenvalue weighted by atomic mass is 32.1. The minimum absolute atomic E-state index is 0.0926. The normalized spacial score (nSPS) is 19.5. The topological polar surface area (TPSA) is 54.5 Å². The van der Waals surface area contributed by atoms with Gasteiger partial charge in [0.1, 0.15) is 16.1 Å². The van der Waals surface area contributed by atoms with Crippen molar-refractivity contribution in [2.45, 2.75) is 25.3 Å². The summed E-state index contributed by atoms with van der Waals surface area (Å²) in [4.78, 5) is 19.7. The third-order valence-corrected chi connectivity index (χ3v) is 6.40. The van der Waals surface area contributed by atoms with Crippen LogP contribution in [0.2, 0.25) is 0 Å². The molecule has 0 bridgehead atoms. The van der Waals surface area contributed by atoms with Crippen LogP contribution in [0.15, 0.2) is 16.8 Å². The lowest BCUT2D eigenvalue weighted by Gasteiger charge is -2.25. The van der Waals surface area contributed by atoms with E-state index in [0.717, 1.165) is 23.2 Å². The van der Waals surface area contributed by atoms with Gasteiger partial charge in [-0.1, -0.05) is 11.3 Å². The SMILES string of the molecule is COCCNC(=O)C1Cc2nc(-c3ccsc3)sc2N1CC1CC1. The number of rotatable bonds is 7. The van der Waals surface area contributed by atoms with Crippen molar-refractivity contribution in [3.8, 4) is 10.6 Å². The molecule has 0 saturated heterocycles. The predicted molar refractivity (Wildman–Crippen MR) is 97.9 cm³/mol. The number of anilines is 1. The summed E-state index contributed by atoms with van der Waals surface area (Å²) in [5, 5.41) is 9.46. The molecule has 1 aliphatic carbocycles. The van der Waals surface area contributed by atoms with E-state index in [9.17, 15) is 4.79 Å². The Hall–Kier alpha value is -1.44. The van der Waals surface area contributed by atoms with E-state index in [1.807, 2.05) is 0 Å². The van der Waals surface area contributed by atoms with Crippen molar-refractivity contribution in [1.82, 2.24) is 10.3 Å². The highest BCUT2D eigenvalue weighted by Gasteiger charge is 2.40. The van der Waals surface area contributed by atoms with Crippen LogP contribution in [-0.2, 0) is 16.0 Å². The molecule has 5 nitrogen and oxygen atoms in total. The Balaban J connectivity index is 1.53. The Morgan fingerprint density at radius 3 is 3.08 bits per heavy atom. The number of thiophene rings is 1. The predicted octanol–water partition coefficient (Wildman–Crippen LogP) is 2.78. The average molecular weight is 364 g/mol. The zero-order valence-electron chi connectivity index (χ0n) is 13.7. The van der Waals surface area contributed by atoms with Gasteiger partial charge in [0.2, 0.25) is 5.91 Å². The molecule has 0 aromatic carbocycles. The highest BCUT2D eigenvalue weighted by Crippen LogP contribution is 2.43. The smallest absolute Gasteiger partial charge is 0.243 e. The molecule has 1 aliphatic heterocycles. The molecule has 2 aliphatic rings. The number of thiazole rings is 1. The van der Waals surface area contributed by atoms with E-state index in [-0.39, 0.29) is 11.9 Å². The fourth-order valence-corrected chi connectivity index (χ4v) is 4.93. The lowest BCUT2D eigenvalue weighted by molar-refractivity contribution is -0.122. The number of carbonyl (C=O) groups is 1. The summed E-state index contributed by atoms with van der Waals surface area (Å²) in [5.74, 6) is 0.826. The lowest BCUT2D eigenvalue weighted by Crippen LogP contribution is -2.46. The minimum atomic E-state index is -0.118. The van der Waals surface area contributed by atoms with E-state index in [2.05, 4.69) is 27.0 Å². The van der Waals surface area contributed by atoms with Crippen molar-refractivity contribution < 1.29 is 9.53 Å². The Bertz CT molecular complexity index is 709. The van der Waals surface area contributed by atoms with E-state index in [1.165, 1.54) is 23.4 Å². The van der Waals surface area contributed by atoms with E-state index in [0.29, 0.717) is 19.6 Å². The van der Waals surface area contributed by atoms with Gasteiger partial charge in [0, 0.05) is 37.6 Å². The molecule has 128 valence electrons. The summed E-state index contributed by atoms with van der Waals surface area (Å²) in [6.45, 7) is 2.08. The number of nitrogens with zero attached hydrogens (tertiary/aromatic N) is 2. The lowest BCUT2D eigenvalue weighted by atomic mass is 10.2. The van der Waals surface area contributed by atoms with Crippen LogP contribution in [0.3, 0.4) is 0 Å². The summed E-state index contributed by atoms with van der Waals surface area (Å²) in [6.07, 6.45) is 3.27. The second kappa shape index (κ2) is 6.82. The van der Waals surface area contributed by atoms with Crippen molar-refractivity contribution >= 4 is 33.6 Å². The molecule has 0 spiro atoms. The summed E-state index contributed by atoms with van der Waals surface area (Å²) in [7, 11) is 1.65. The molecule has 2 aromatic rings. The molecule has 1 saturated carbocycles. The molecule has 3 heterocycles. The monoisotopic (exact) mass is 363 g/mol. The summed E-state index contributed by atoms with van der Waals surface area (Å²) >= 11 is 3.41. The van der Waals surface area contributed by atoms with Crippen molar-refractivity contribution in [2.75, 3.05) is 31.7 Å². The van der Waals surface area contributed by atoms with Gasteiger partial charge in [-0.2, -0.15) is 11.3 Å². The molecule has 24 heavy (non-hydrogen) atoms. The molecule has 1 N–H and O–H groups in total. The maximum absolute atomic E-state index is 12.6. The van der Waals surface area contributed by atoms with Crippen molar-refractivity contribution in [1.29, 1.82) is 0 Å². The first kappa shape index (κ1) is 16.1. The highest BCUT2D eigenvalue weighted by molar-refractivity contribution is 7.19.